The van der Waals surface area contributed by atoms with Gasteiger partial charge >= 0.3 is 0 Å². The number of hydrogen-bond acceptors (Lipinski definition) is 5. The molecule has 25 heavy (non-hydrogen) atoms. The van der Waals surface area contributed by atoms with Crippen molar-refractivity contribution in [2.24, 2.45) is 5.92 Å². The normalized spacial score (nSPS) is 16.7. The van der Waals surface area contributed by atoms with Gasteiger partial charge in [0.25, 0.3) is 0 Å². The summed E-state index contributed by atoms with van der Waals surface area (Å²) in [6.45, 7) is 2.32. The van der Waals surface area contributed by atoms with Crippen molar-refractivity contribution in [3.63, 3.8) is 0 Å². The van der Waals surface area contributed by atoms with Crippen molar-refractivity contribution in [2.45, 2.75) is 26.2 Å². The molecule has 0 amide bonds. The first kappa shape index (κ1) is 16.6. The van der Waals surface area contributed by atoms with Crippen LogP contribution in [0.25, 0.3) is 10.2 Å². The van der Waals surface area contributed by atoms with E-state index in [-0.39, 0.29) is 0 Å². The zero-order chi connectivity index (χ0) is 17.6. The third-order valence-corrected chi connectivity index (χ3v) is 6.09. The summed E-state index contributed by atoms with van der Waals surface area (Å²) in [5, 5.41) is 4.90. The number of halogens is 1. The molecule has 2 aromatic heterocycles. The van der Waals surface area contributed by atoms with Crippen molar-refractivity contribution >= 4 is 50.3 Å². The molecule has 0 fully saturated rings. The lowest BCUT2D eigenvalue weighted by molar-refractivity contribution is 0.509. The molecule has 0 radical (unpaired) electrons. The van der Waals surface area contributed by atoms with Gasteiger partial charge in [0.15, 0.2) is 0 Å². The van der Waals surface area contributed by atoms with Crippen LogP contribution in [0.3, 0.4) is 0 Å². The van der Waals surface area contributed by atoms with Crippen molar-refractivity contribution in [1.29, 1.82) is 0 Å². The first-order valence-electron chi connectivity index (χ1n) is 8.53. The Morgan fingerprint density at radius 3 is 2.68 bits per heavy atom. The third kappa shape index (κ3) is 3.18. The molecule has 0 aliphatic heterocycles. The van der Waals surface area contributed by atoms with Crippen LogP contribution in [0.2, 0.25) is 5.28 Å². The highest BCUT2D eigenvalue weighted by Gasteiger charge is 2.23. The van der Waals surface area contributed by atoms with Gasteiger partial charge in [-0.3, -0.25) is 0 Å². The predicted molar refractivity (Wildman–Crippen MR) is 108 cm³/mol. The second-order valence-corrected chi connectivity index (χ2v) is 8.36. The van der Waals surface area contributed by atoms with E-state index in [0.717, 1.165) is 40.5 Å². The average Bonchev–Trinajstić information content (AvgIpc) is 2.92. The number of benzene rings is 1. The quantitative estimate of drug-likeness (QED) is 0.635. The van der Waals surface area contributed by atoms with E-state index in [2.05, 4.69) is 51.4 Å². The fourth-order valence-electron chi connectivity index (χ4n) is 3.39. The largest absolute Gasteiger partial charge is 0.378 e. The van der Waals surface area contributed by atoms with Crippen LogP contribution in [-0.2, 0) is 12.8 Å². The Bertz CT molecular complexity index is 917. The van der Waals surface area contributed by atoms with E-state index in [0.29, 0.717) is 5.28 Å². The van der Waals surface area contributed by atoms with Gasteiger partial charge in [0, 0.05) is 30.3 Å². The Morgan fingerprint density at radius 2 is 1.96 bits per heavy atom. The van der Waals surface area contributed by atoms with E-state index < -0.39 is 0 Å². The fourth-order valence-corrected chi connectivity index (χ4v) is 4.99. The summed E-state index contributed by atoms with van der Waals surface area (Å²) in [6, 6.07) is 8.32. The van der Waals surface area contributed by atoms with Gasteiger partial charge in [0.1, 0.15) is 10.6 Å². The van der Waals surface area contributed by atoms with Crippen LogP contribution in [0.5, 0.6) is 0 Å². The number of fused-ring (bicyclic) bond motifs is 3. The molecule has 0 saturated heterocycles. The van der Waals surface area contributed by atoms with Crippen LogP contribution in [0.1, 0.15) is 23.8 Å². The Kier molecular flexibility index (Phi) is 4.29. The first-order valence-corrected chi connectivity index (χ1v) is 9.73. The molecule has 3 aromatic rings. The molecule has 130 valence electrons. The lowest BCUT2D eigenvalue weighted by Crippen LogP contribution is -2.09. The monoisotopic (exact) mass is 372 g/mol. The van der Waals surface area contributed by atoms with E-state index in [1.54, 1.807) is 11.3 Å². The molecule has 4 nitrogen and oxygen atoms in total. The summed E-state index contributed by atoms with van der Waals surface area (Å²) in [7, 11) is 4.07. The lowest BCUT2D eigenvalue weighted by Gasteiger charge is -2.18. The van der Waals surface area contributed by atoms with Gasteiger partial charge in [0.05, 0.1) is 5.39 Å². The van der Waals surface area contributed by atoms with Crippen LogP contribution < -0.4 is 10.2 Å². The van der Waals surface area contributed by atoms with Crippen molar-refractivity contribution in [1.82, 2.24) is 9.97 Å². The average molecular weight is 373 g/mol. The molecule has 0 saturated carbocycles. The van der Waals surface area contributed by atoms with Crippen molar-refractivity contribution in [2.75, 3.05) is 24.3 Å². The molecule has 1 aromatic carbocycles. The number of hydrogen-bond donors (Lipinski definition) is 1. The lowest BCUT2D eigenvalue weighted by atomic mass is 9.89. The molecule has 1 unspecified atom stereocenters. The summed E-state index contributed by atoms with van der Waals surface area (Å²) in [5.74, 6) is 1.55. The Labute approximate surface area is 156 Å². The molecule has 1 aliphatic rings. The second-order valence-electron chi connectivity index (χ2n) is 6.94. The number of thiophene rings is 1. The molecule has 6 heteroatoms. The smallest absolute Gasteiger partial charge is 0.225 e. The topological polar surface area (TPSA) is 41.1 Å². The number of nitrogens with zero attached hydrogens (tertiary/aromatic N) is 3. The number of anilines is 3. The highest BCUT2D eigenvalue weighted by molar-refractivity contribution is 7.19. The Morgan fingerprint density at radius 1 is 1.20 bits per heavy atom. The third-order valence-electron chi connectivity index (χ3n) is 4.77. The standard InChI is InChI=1S/C19H21ClN4S/c1-11-4-9-14-15(10-11)25-18-16(14)17(22-19(20)23-18)21-12-5-7-13(8-6-12)24(2)3/h5-8,11H,4,9-10H2,1-3H3,(H,21,22,23). The van der Waals surface area contributed by atoms with Gasteiger partial charge in [0.2, 0.25) is 5.28 Å². The maximum Gasteiger partial charge on any atom is 0.225 e. The van der Waals surface area contributed by atoms with Crippen LogP contribution >= 0.6 is 22.9 Å². The number of rotatable bonds is 3. The summed E-state index contributed by atoms with van der Waals surface area (Å²) in [4.78, 5) is 13.5. The summed E-state index contributed by atoms with van der Waals surface area (Å²) >= 11 is 7.95. The predicted octanol–water partition coefficient (Wildman–Crippen LogP) is 5.28. The molecule has 1 N–H and O–H groups in total. The van der Waals surface area contributed by atoms with Gasteiger partial charge in [-0.15, -0.1) is 11.3 Å². The van der Waals surface area contributed by atoms with Crippen molar-refractivity contribution in [3.8, 4) is 0 Å². The van der Waals surface area contributed by atoms with Crippen LogP contribution in [0.4, 0.5) is 17.2 Å². The molecule has 2 heterocycles. The SMILES string of the molecule is CC1CCc2c(sc3nc(Cl)nc(Nc4ccc(N(C)C)cc4)c23)C1. The van der Waals surface area contributed by atoms with Crippen LogP contribution in [0.15, 0.2) is 24.3 Å². The maximum atomic E-state index is 6.19. The first-order chi connectivity index (χ1) is 12.0. The maximum absolute atomic E-state index is 6.19. The van der Waals surface area contributed by atoms with Gasteiger partial charge in [-0.05, 0) is 66.6 Å². The molecule has 0 spiro atoms. The second kappa shape index (κ2) is 6.46. The highest BCUT2D eigenvalue weighted by Crippen LogP contribution is 2.41. The van der Waals surface area contributed by atoms with E-state index in [9.17, 15) is 0 Å². The van der Waals surface area contributed by atoms with E-state index in [1.807, 2.05) is 14.1 Å². The zero-order valence-electron chi connectivity index (χ0n) is 14.6. The molecule has 1 aliphatic carbocycles. The molecule has 0 bridgehead atoms. The van der Waals surface area contributed by atoms with Crippen LogP contribution in [0, 0.1) is 5.92 Å². The minimum Gasteiger partial charge on any atom is -0.378 e. The molecule has 4 rings (SSSR count). The number of nitrogens with one attached hydrogen (secondary N) is 1. The Balaban J connectivity index is 1.76. The van der Waals surface area contributed by atoms with Crippen molar-refractivity contribution < 1.29 is 0 Å². The van der Waals surface area contributed by atoms with Gasteiger partial charge in [-0.1, -0.05) is 6.92 Å². The van der Waals surface area contributed by atoms with Crippen molar-refractivity contribution in [3.05, 3.63) is 40.0 Å². The number of aryl methyl sites for hydroxylation is 1. The molecule has 1 atom stereocenters. The van der Waals surface area contributed by atoms with E-state index >= 15 is 0 Å². The van der Waals surface area contributed by atoms with Gasteiger partial charge in [-0.25, -0.2) is 4.98 Å². The molecular formula is C19H21ClN4S. The minimum absolute atomic E-state index is 0.298. The van der Waals surface area contributed by atoms with E-state index in [4.69, 9.17) is 11.6 Å². The molecular weight excluding hydrogens is 352 g/mol. The number of aromatic nitrogens is 2. The summed E-state index contributed by atoms with van der Waals surface area (Å²) in [5.41, 5.74) is 3.58. The fraction of sp³-hybridized carbons (Fsp3) is 0.368. The van der Waals surface area contributed by atoms with Gasteiger partial charge < -0.3 is 10.2 Å². The van der Waals surface area contributed by atoms with Gasteiger partial charge in [-0.2, -0.15) is 4.98 Å². The summed E-state index contributed by atoms with van der Waals surface area (Å²) in [6.07, 6.45) is 3.44. The Hall–Kier alpha value is -1.85. The van der Waals surface area contributed by atoms with Crippen LogP contribution in [-0.4, -0.2) is 24.1 Å². The minimum atomic E-state index is 0.298. The summed E-state index contributed by atoms with van der Waals surface area (Å²) < 4.78 is 0. The zero-order valence-corrected chi connectivity index (χ0v) is 16.2. The highest BCUT2D eigenvalue weighted by atomic mass is 35.5. The van der Waals surface area contributed by atoms with E-state index in [1.165, 1.54) is 22.5 Å².